The summed E-state index contributed by atoms with van der Waals surface area (Å²) in [6.07, 6.45) is 0. The van der Waals surface area contributed by atoms with Crippen LogP contribution in [0, 0.1) is 6.92 Å². The normalized spacial score (nSPS) is 12.1. The number of rotatable bonds is 6. The molecule has 0 spiro atoms. The highest BCUT2D eigenvalue weighted by atomic mass is 32.1. The SMILES string of the molecule is Cc1cc(C(c2cc3ccccc3s2)c2cc3ccccc3s2)c(N)c(C(c2cc3ccccc3s2)c2cc3ccccc3s2)c1. The second kappa shape index (κ2) is 11.2. The molecule has 4 heterocycles. The molecule has 0 unspecified atom stereocenters. The molecule has 0 atom stereocenters. The molecule has 0 saturated heterocycles. The lowest BCUT2D eigenvalue weighted by Gasteiger charge is -2.24. The van der Waals surface area contributed by atoms with Crippen molar-refractivity contribution >= 4 is 91.4 Å². The topological polar surface area (TPSA) is 26.0 Å². The molecule has 9 aromatic rings. The van der Waals surface area contributed by atoms with Crippen LogP contribution in [0.5, 0.6) is 0 Å². The second-order valence-electron chi connectivity index (χ2n) is 12.0. The summed E-state index contributed by atoms with van der Waals surface area (Å²) in [5, 5.41) is 5.14. The van der Waals surface area contributed by atoms with Crippen molar-refractivity contribution in [2.75, 3.05) is 5.73 Å². The highest BCUT2D eigenvalue weighted by molar-refractivity contribution is 7.21. The summed E-state index contributed by atoms with van der Waals surface area (Å²) in [4.78, 5) is 5.32. The van der Waals surface area contributed by atoms with Gasteiger partial charge >= 0.3 is 0 Å². The average molecular weight is 664 g/mol. The van der Waals surface area contributed by atoms with Crippen LogP contribution in [0.3, 0.4) is 0 Å². The molecule has 0 amide bonds. The van der Waals surface area contributed by atoms with Crippen molar-refractivity contribution in [2.45, 2.75) is 18.8 Å². The van der Waals surface area contributed by atoms with Gasteiger partial charge in [0.25, 0.3) is 0 Å². The van der Waals surface area contributed by atoms with E-state index >= 15 is 0 Å². The molecule has 0 bridgehead atoms. The van der Waals surface area contributed by atoms with E-state index in [1.165, 1.54) is 76.5 Å². The van der Waals surface area contributed by atoms with E-state index in [0.717, 1.165) is 5.69 Å². The molecule has 9 rings (SSSR count). The van der Waals surface area contributed by atoms with Gasteiger partial charge in [-0.1, -0.05) is 90.5 Å². The van der Waals surface area contributed by atoms with E-state index in [-0.39, 0.29) is 11.8 Å². The third kappa shape index (κ3) is 4.78. The minimum absolute atomic E-state index is 0.0407. The van der Waals surface area contributed by atoms with E-state index in [0.29, 0.717) is 0 Å². The predicted octanol–water partition coefficient (Wildman–Crippen LogP) is 12.8. The van der Waals surface area contributed by atoms with Crippen molar-refractivity contribution in [3.8, 4) is 0 Å². The van der Waals surface area contributed by atoms with Gasteiger partial charge in [0.2, 0.25) is 0 Å². The fourth-order valence-corrected chi connectivity index (χ4v) is 11.8. The molecule has 0 radical (unpaired) electrons. The molecule has 0 fully saturated rings. The molecule has 5 aromatic carbocycles. The molecule has 0 aliphatic rings. The molecule has 2 N–H and O–H groups in total. The summed E-state index contributed by atoms with van der Waals surface area (Å²) in [5.74, 6) is 0.0813. The molecule has 0 aliphatic carbocycles. The van der Waals surface area contributed by atoms with E-state index in [1.54, 1.807) is 0 Å². The van der Waals surface area contributed by atoms with Gasteiger partial charge in [-0.2, -0.15) is 0 Å². The van der Waals surface area contributed by atoms with E-state index < -0.39 is 0 Å². The van der Waals surface area contributed by atoms with Crippen molar-refractivity contribution in [1.82, 2.24) is 0 Å². The smallest absolute Gasteiger partial charge is 0.0549 e. The Hall–Kier alpha value is -4.26. The van der Waals surface area contributed by atoms with E-state index in [4.69, 9.17) is 5.73 Å². The summed E-state index contributed by atoms with van der Waals surface area (Å²) in [6, 6.07) is 49.1. The van der Waals surface area contributed by atoms with Crippen LogP contribution in [0.1, 0.15) is 48.0 Å². The number of thiophene rings is 4. The number of fused-ring (bicyclic) bond motifs is 4. The maximum atomic E-state index is 7.50. The van der Waals surface area contributed by atoms with Crippen LogP contribution in [-0.4, -0.2) is 0 Å². The number of hydrogen-bond acceptors (Lipinski definition) is 5. The van der Waals surface area contributed by atoms with Gasteiger partial charge in [0.05, 0.1) is 11.8 Å². The maximum Gasteiger partial charge on any atom is 0.0549 e. The monoisotopic (exact) mass is 663 g/mol. The Morgan fingerprint density at radius 1 is 0.413 bits per heavy atom. The van der Waals surface area contributed by atoms with E-state index in [2.05, 4.69) is 140 Å². The Kier molecular flexibility index (Phi) is 6.83. The van der Waals surface area contributed by atoms with Crippen LogP contribution >= 0.6 is 45.3 Å². The Balaban J connectivity index is 1.30. The van der Waals surface area contributed by atoms with Gasteiger partial charge in [0.15, 0.2) is 0 Å². The van der Waals surface area contributed by atoms with Crippen LogP contribution in [0.15, 0.2) is 133 Å². The Bertz CT molecular complexity index is 2090. The number of nitrogens with two attached hydrogens (primary N) is 1. The largest absolute Gasteiger partial charge is 0.398 e. The lowest BCUT2D eigenvalue weighted by molar-refractivity contribution is 0.993. The third-order valence-electron chi connectivity index (χ3n) is 8.93. The minimum Gasteiger partial charge on any atom is -0.398 e. The van der Waals surface area contributed by atoms with Gasteiger partial charge in [-0.15, -0.1) is 45.3 Å². The first-order valence-electron chi connectivity index (χ1n) is 15.4. The van der Waals surface area contributed by atoms with Crippen LogP contribution in [-0.2, 0) is 0 Å². The predicted molar refractivity (Wildman–Crippen MR) is 205 cm³/mol. The van der Waals surface area contributed by atoms with Crippen LogP contribution in [0.2, 0.25) is 0 Å². The van der Waals surface area contributed by atoms with Gasteiger partial charge < -0.3 is 5.73 Å². The number of hydrogen-bond donors (Lipinski definition) is 1. The van der Waals surface area contributed by atoms with Gasteiger partial charge in [0, 0.05) is 44.0 Å². The van der Waals surface area contributed by atoms with Gasteiger partial charge in [0.1, 0.15) is 0 Å². The highest BCUT2D eigenvalue weighted by Crippen LogP contribution is 2.49. The molecule has 5 heteroatoms. The quantitative estimate of drug-likeness (QED) is 0.176. The van der Waals surface area contributed by atoms with Crippen LogP contribution in [0.4, 0.5) is 5.69 Å². The summed E-state index contributed by atoms with van der Waals surface area (Å²) in [6.45, 7) is 2.23. The second-order valence-corrected chi connectivity index (χ2v) is 16.4. The van der Waals surface area contributed by atoms with E-state index in [9.17, 15) is 0 Å². The number of benzene rings is 5. The lowest BCUT2D eigenvalue weighted by atomic mass is 9.85. The van der Waals surface area contributed by atoms with Crippen molar-refractivity contribution < 1.29 is 0 Å². The zero-order chi connectivity index (χ0) is 30.8. The molecular weight excluding hydrogens is 635 g/mol. The van der Waals surface area contributed by atoms with Crippen molar-refractivity contribution in [2.24, 2.45) is 0 Å². The zero-order valence-electron chi connectivity index (χ0n) is 25.1. The Morgan fingerprint density at radius 3 is 0.978 bits per heavy atom. The molecular formula is C41H29NS4. The van der Waals surface area contributed by atoms with Crippen molar-refractivity contribution in [3.63, 3.8) is 0 Å². The first kappa shape index (κ1) is 28.0. The fourth-order valence-electron chi connectivity index (χ4n) is 6.80. The third-order valence-corrected chi connectivity index (χ3v) is 13.7. The van der Waals surface area contributed by atoms with Gasteiger partial charge in [-0.25, -0.2) is 0 Å². The Morgan fingerprint density at radius 2 is 0.696 bits per heavy atom. The minimum atomic E-state index is 0.0407. The average Bonchev–Trinajstić information content (AvgIpc) is 3.87. The van der Waals surface area contributed by atoms with Gasteiger partial charge in [-0.3, -0.25) is 0 Å². The molecule has 0 aliphatic heterocycles. The molecule has 4 aromatic heterocycles. The van der Waals surface area contributed by atoms with Crippen LogP contribution < -0.4 is 5.73 Å². The summed E-state index contributed by atoms with van der Waals surface area (Å²) >= 11 is 7.55. The molecule has 222 valence electrons. The number of aryl methyl sites for hydroxylation is 1. The molecule has 1 nitrogen and oxygen atoms in total. The summed E-state index contributed by atoms with van der Waals surface area (Å²) in [5.41, 5.74) is 12.0. The summed E-state index contributed by atoms with van der Waals surface area (Å²) in [7, 11) is 0. The standard InChI is InChI=1S/C41H29NS4/c1-24-18-29(39(35-20-25-10-2-6-14-31(25)43-35)36-21-26-11-3-7-15-32(26)44-36)41(42)30(19-24)40(37-22-27-12-4-8-16-33(27)45-37)38-23-28-13-5-9-17-34(28)46-38/h2-23,39-40H,42H2,1H3. The first-order valence-corrected chi connectivity index (χ1v) is 18.7. The first-order chi connectivity index (χ1) is 22.6. The van der Waals surface area contributed by atoms with Crippen LogP contribution in [0.25, 0.3) is 40.3 Å². The van der Waals surface area contributed by atoms with Crippen molar-refractivity contribution in [1.29, 1.82) is 0 Å². The van der Waals surface area contributed by atoms with Gasteiger partial charge in [-0.05, 0) is 88.1 Å². The molecule has 0 saturated carbocycles. The highest BCUT2D eigenvalue weighted by Gasteiger charge is 2.29. The Labute approximate surface area is 283 Å². The van der Waals surface area contributed by atoms with E-state index in [1.807, 2.05) is 45.3 Å². The fraction of sp³-hybridized carbons (Fsp3) is 0.0732. The lowest BCUT2D eigenvalue weighted by Crippen LogP contribution is -2.10. The zero-order valence-corrected chi connectivity index (χ0v) is 28.3. The number of anilines is 1. The maximum absolute atomic E-state index is 7.50. The number of nitrogen functional groups attached to an aromatic ring is 1. The van der Waals surface area contributed by atoms with Crippen molar-refractivity contribution in [3.05, 3.63) is 170 Å². The summed E-state index contributed by atoms with van der Waals surface area (Å²) < 4.78 is 5.24. The molecule has 46 heavy (non-hydrogen) atoms.